The number of hydrogen-bond donors (Lipinski definition) is 3. The van der Waals surface area contributed by atoms with Crippen LogP contribution in [0.2, 0.25) is 0 Å². The van der Waals surface area contributed by atoms with E-state index in [1.165, 1.54) is 19.3 Å². The molecule has 1 saturated carbocycles. The van der Waals surface area contributed by atoms with Crippen molar-refractivity contribution in [3.63, 3.8) is 0 Å². The third-order valence-corrected chi connectivity index (χ3v) is 5.90. The van der Waals surface area contributed by atoms with Crippen LogP contribution in [0.3, 0.4) is 0 Å². The van der Waals surface area contributed by atoms with Crippen molar-refractivity contribution in [2.75, 3.05) is 31.3 Å². The zero-order chi connectivity index (χ0) is 23.6. The van der Waals surface area contributed by atoms with Crippen LogP contribution in [0.1, 0.15) is 54.4 Å². The SMILES string of the molecule is CN(C)C(=O)CCc1ccc(NCC(=O)Nc2ccc(C(=O)NC3CCCCC3)cc2)cc1. The van der Waals surface area contributed by atoms with E-state index in [4.69, 9.17) is 0 Å². The van der Waals surface area contributed by atoms with Gasteiger partial charge in [0.15, 0.2) is 0 Å². The Kier molecular flexibility index (Phi) is 8.87. The number of nitrogens with zero attached hydrogens (tertiary/aromatic N) is 1. The van der Waals surface area contributed by atoms with Gasteiger partial charge in [0, 0.05) is 43.5 Å². The smallest absolute Gasteiger partial charge is 0.251 e. The molecule has 1 fully saturated rings. The normalized spacial score (nSPS) is 13.8. The molecule has 0 unspecified atom stereocenters. The van der Waals surface area contributed by atoms with Gasteiger partial charge in [-0.3, -0.25) is 14.4 Å². The van der Waals surface area contributed by atoms with Crippen LogP contribution in [-0.4, -0.2) is 49.3 Å². The summed E-state index contributed by atoms with van der Waals surface area (Å²) in [4.78, 5) is 38.0. The highest BCUT2D eigenvalue weighted by molar-refractivity contribution is 5.96. The highest BCUT2D eigenvalue weighted by atomic mass is 16.2. The molecule has 2 aromatic carbocycles. The van der Waals surface area contributed by atoms with Crippen LogP contribution >= 0.6 is 0 Å². The number of rotatable bonds is 9. The van der Waals surface area contributed by atoms with Crippen LogP contribution < -0.4 is 16.0 Å². The summed E-state index contributed by atoms with van der Waals surface area (Å²) >= 11 is 0. The molecule has 3 amide bonds. The molecule has 33 heavy (non-hydrogen) atoms. The highest BCUT2D eigenvalue weighted by Crippen LogP contribution is 2.18. The molecule has 7 heteroatoms. The summed E-state index contributed by atoms with van der Waals surface area (Å²) in [5.74, 6) is -0.127. The van der Waals surface area contributed by atoms with Crippen LogP contribution in [0.4, 0.5) is 11.4 Å². The summed E-state index contributed by atoms with van der Waals surface area (Å²) in [7, 11) is 3.51. The van der Waals surface area contributed by atoms with Gasteiger partial charge in [-0.1, -0.05) is 31.4 Å². The molecule has 1 aliphatic rings. The van der Waals surface area contributed by atoms with Gasteiger partial charge in [0.2, 0.25) is 11.8 Å². The minimum absolute atomic E-state index is 0.0593. The van der Waals surface area contributed by atoms with Crippen molar-refractivity contribution in [3.05, 3.63) is 59.7 Å². The Labute approximate surface area is 195 Å². The van der Waals surface area contributed by atoms with Crippen molar-refractivity contribution in [2.45, 2.75) is 51.0 Å². The summed E-state index contributed by atoms with van der Waals surface area (Å²) < 4.78 is 0. The average Bonchev–Trinajstić information content (AvgIpc) is 2.83. The van der Waals surface area contributed by atoms with Crippen molar-refractivity contribution >= 4 is 29.1 Å². The summed E-state index contributed by atoms with van der Waals surface area (Å²) in [6.07, 6.45) is 6.85. The third-order valence-electron chi connectivity index (χ3n) is 5.90. The van der Waals surface area contributed by atoms with Gasteiger partial charge in [0.1, 0.15) is 0 Å². The molecule has 2 aromatic rings. The van der Waals surface area contributed by atoms with Crippen molar-refractivity contribution < 1.29 is 14.4 Å². The molecule has 0 radical (unpaired) electrons. The Morgan fingerprint density at radius 2 is 1.52 bits per heavy atom. The first-order valence-electron chi connectivity index (χ1n) is 11.6. The maximum atomic E-state index is 12.4. The molecule has 0 atom stereocenters. The second-order valence-electron chi connectivity index (χ2n) is 8.77. The number of amides is 3. The highest BCUT2D eigenvalue weighted by Gasteiger charge is 2.16. The van der Waals surface area contributed by atoms with Gasteiger partial charge in [-0.15, -0.1) is 0 Å². The summed E-state index contributed by atoms with van der Waals surface area (Å²) in [6.45, 7) is 0.127. The lowest BCUT2D eigenvalue weighted by molar-refractivity contribution is -0.128. The summed E-state index contributed by atoms with van der Waals surface area (Å²) in [6, 6.07) is 15.0. The second kappa shape index (κ2) is 12.0. The first-order chi connectivity index (χ1) is 15.9. The molecule has 0 heterocycles. The van der Waals surface area contributed by atoms with Gasteiger partial charge in [0.05, 0.1) is 6.54 Å². The van der Waals surface area contributed by atoms with Crippen molar-refractivity contribution in [1.29, 1.82) is 0 Å². The van der Waals surface area contributed by atoms with Gasteiger partial charge in [0.25, 0.3) is 5.91 Å². The molecular formula is C26H34N4O3. The maximum absolute atomic E-state index is 12.4. The minimum atomic E-state index is -0.171. The predicted molar refractivity (Wildman–Crippen MR) is 131 cm³/mol. The van der Waals surface area contributed by atoms with E-state index in [0.29, 0.717) is 24.1 Å². The summed E-state index contributed by atoms with van der Waals surface area (Å²) in [5.41, 5.74) is 3.16. The zero-order valence-electron chi connectivity index (χ0n) is 19.5. The Balaban J connectivity index is 1.41. The molecule has 0 saturated heterocycles. The lowest BCUT2D eigenvalue weighted by Gasteiger charge is -2.22. The lowest BCUT2D eigenvalue weighted by atomic mass is 9.95. The number of hydrogen-bond acceptors (Lipinski definition) is 4. The zero-order valence-corrected chi connectivity index (χ0v) is 19.5. The number of benzene rings is 2. The van der Waals surface area contributed by atoms with Gasteiger partial charge in [-0.25, -0.2) is 0 Å². The molecule has 3 rings (SSSR count). The first kappa shape index (κ1) is 24.3. The van der Waals surface area contributed by atoms with Crippen LogP contribution in [-0.2, 0) is 16.0 Å². The van der Waals surface area contributed by atoms with E-state index in [1.54, 1.807) is 43.3 Å². The molecule has 176 valence electrons. The average molecular weight is 451 g/mol. The van der Waals surface area contributed by atoms with Crippen LogP contribution in [0.25, 0.3) is 0 Å². The number of carbonyl (C=O) groups excluding carboxylic acids is 3. The Morgan fingerprint density at radius 1 is 0.879 bits per heavy atom. The van der Waals surface area contributed by atoms with Crippen molar-refractivity contribution in [2.24, 2.45) is 0 Å². The molecular weight excluding hydrogens is 416 g/mol. The minimum Gasteiger partial charge on any atom is -0.376 e. The molecule has 1 aliphatic carbocycles. The quantitative estimate of drug-likeness (QED) is 0.542. The molecule has 3 N–H and O–H groups in total. The van der Waals surface area contributed by atoms with E-state index >= 15 is 0 Å². The van der Waals surface area contributed by atoms with Gasteiger partial charge in [-0.05, 0) is 61.2 Å². The molecule has 0 bridgehead atoms. The molecule has 0 aromatic heterocycles. The summed E-state index contributed by atoms with van der Waals surface area (Å²) in [5, 5.41) is 9.04. The number of aryl methyl sites for hydroxylation is 1. The van der Waals surface area contributed by atoms with E-state index < -0.39 is 0 Å². The van der Waals surface area contributed by atoms with E-state index in [2.05, 4.69) is 16.0 Å². The lowest BCUT2D eigenvalue weighted by Crippen LogP contribution is -2.36. The van der Waals surface area contributed by atoms with Crippen molar-refractivity contribution in [1.82, 2.24) is 10.2 Å². The Bertz CT molecular complexity index is 933. The van der Waals surface area contributed by atoms with Crippen molar-refractivity contribution in [3.8, 4) is 0 Å². The fourth-order valence-corrected chi connectivity index (χ4v) is 3.87. The molecule has 7 nitrogen and oxygen atoms in total. The van der Waals surface area contributed by atoms with Crippen LogP contribution in [0.15, 0.2) is 48.5 Å². The van der Waals surface area contributed by atoms with E-state index in [9.17, 15) is 14.4 Å². The monoisotopic (exact) mass is 450 g/mol. The Hall–Kier alpha value is -3.35. The van der Waals surface area contributed by atoms with E-state index in [-0.39, 0.29) is 30.3 Å². The fourth-order valence-electron chi connectivity index (χ4n) is 3.87. The topological polar surface area (TPSA) is 90.5 Å². The third kappa shape index (κ3) is 7.93. The van der Waals surface area contributed by atoms with E-state index in [0.717, 1.165) is 24.1 Å². The molecule has 0 spiro atoms. The maximum Gasteiger partial charge on any atom is 0.251 e. The predicted octanol–water partition coefficient (Wildman–Crippen LogP) is 3.82. The number of nitrogens with one attached hydrogen (secondary N) is 3. The largest absolute Gasteiger partial charge is 0.376 e. The number of anilines is 2. The first-order valence-corrected chi connectivity index (χ1v) is 11.6. The standard InChI is InChI=1S/C26H34N4O3/c1-30(2)25(32)17-10-19-8-13-21(14-9-19)27-18-24(31)28-23-15-11-20(12-16-23)26(33)29-22-6-4-3-5-7-22/h8-9,11-16,22,27H,3-7,10,17-18H2,1-2H3,(H,28,31)(H,29,33). The van der Waals surface area contributed by atoms with E-state index in [1.807, 2.05) is 24.3 Å². The van der Waals surface area contributed by atoms with Gasteiger partial charge < -0.3 is 20.9 Å². The van der Waals surface area contributed by atoms with Crippen LogP contribution in [0, 0.1) is 0 Å². The fraction of sp³-hybridized carbons (Fsp3) is 0.423. The van der Waals surface area contributed by atoms with Gasteiger partial charge in [-0.2, -0.15) is 0 Å². The van der Waals surface area contributed by atoms with Crippen LogP contribution in [0.5, 0.6) is 0 Å². The second-order valence-corrected chi connectivity index (χ2v) is 8.77. The Morgan fingerprint density at radius 3 is 2.15 bits per heavy atom. The number of carbonyl (C=O) groups is 3. The van der Waals surface area contributed by atoms with Gasteiger partial charge >= 0.3 is 0 Å². The molecule has 0 aliphatic heterocycles.